The van der Waals surface area contributed by atoms with Gasteiger partial charge in [-0.05, 0) is 105 Å². The first kappa shape index (κ1) is 32.8. The summed E-state index contributed by atoms with van der Waals surface area (Å²) in [6.07, 6.45) is 10.3. The molecule has 1 N–H and O–H groups in total. The highest BCUT2D eigenvalue weighted by Crippen LogP contribution is 2.42. The molecule has 0 saturated heterocycles. The van der Waals surface area contributed by atoms with Crippen LogP contribution >= 0.6 is 11.6 Å². The molecule has 0 bridgehead atoms. The van der Waals surface area contributed by atoms with Crippen molar-refractivity contribution in [3.8, 4) is 5.75 Å². The molecule has 0 aliphatic heterocycles. The minimum Gasteiger partial charge on any atom is -0.493 e. The Hall–Kier alpha value is -1.73. The Bertz CT molecular complexity index is 1060. The van der Waals surface area contributed by atoms with Crippen molar-refractivity contribution >= 4 is 28.9 Å². The largest absolute Gasteiger partial charge is 0.493 e. The van der Waals surface area contributed by atoms with Crippen LogP contribution in [0.2, 0.25) is 5.02 Å². The van der Waals surface area contributed by atoms with Crippen LogP contribution in [0.4, 0.5) is 0 Å². The fourth-order valence-corrected chi connectivity index (χ4v) is 7.02. The van der Waals surface area contributed by atoms with Crippen LogP contribution in [0.1, 0.15) is 86.2 Å². The van der Waals surface area contributed by atoms with E-state index >= 15 is 0 Å². The second kappa shape index (κ2) is 17.3. The molecule has 0 amide bonds. The topological polar surface area (TPSA) is 58.6 Å². The maximum atomic E-state index is 11.6. The van der Waals surface area contributed by atoms with Gasteiger partial charge in [-0.25, -0.2) is 8.93 Å². The molecule has 5 nitrogen and oxygen atoms in total. The van der Waals surface area contributed by atoms with Crippen LogP contribution < -0.4 is 9.46 Å². The summed E-state index contributed by atoms with van der Waals surface area (Å²) in [4.78, 5) is 13.5. The molecule has 7 heteroatoms. The Morgan fingerprint density at radius 3 is 2.58 bits per heavy atom. The summed E-state index contributed by atoms with van der Waals surface area (Å²) in [7, 11) is 3.14. The third-order valence-electron chi connectivity index (χ3n) is 8.53. The highest BCUT2D eigenvalue weighted by Gasteiger charge is 2.35. The summed E-state index contributed by atoms with van der Waals surface area (Å²) in [6, 6.07) is 13.7. The van der Waals surface area contributed by atoms with Crippen molar-refractivity contribution < 1.29 is 13.7 Å². The molecule has 5 unspecified atom stereocenters. The number of aldehydes is 1. The van der Waals surface area contributed by atoms with Gasteiger partial charge in [-0.15, -0.1) is 0 Å². The van der Waals surface area contributed by atoms with Crippen molar-refractivity contribution in [2.45, 2.75) is 71.1 Å². The molecule has 2 aromatic rings. The Balaban J connectivity index is 1.59. The highest BCUT2D eigenvalue weighted by molar-refractivity contribution is 7.82. The van der Waals surface area contributed by atoms with Crippen LogP contribution in [0.5, 0.6) is 5.75 Å². The van der Waals surface area contributed by atoms with Gasteiger partial charge < -0.3 is 9.64 Å². The predicted molar refractivity (Wildman–Crippen MR) is 169 cm³/mol. The second-order valence-electron chi connectivity index (χ2n) is 11.6. The number of rotatable bonds is 19. The minimum absolute atomic E-state index is 0.216. The smallest absolute Gasteiger partial charge is 0.150 e. The van der Waals surface area contributed by atoms with Crippen LogP contribution in [0, 0.1) is 17.8 Å². The molecule has 1 fully saturated rings. The molecule has 0 spiro atoms. The van der Waals surface area contributed by atoms with Gasteiger partial charge in [0.1, 0.15) is 12.0 Å². The second-order valence-corrected chi connectivity index (χ2v) is 13.5. The van der Waals surface area contributed by atoms with E-state index in [1.54, 1.807) is 19.2 Å². The number of halogens is 1. The quantitative estimate of drug-likeness (QED) is 0.138. The SMILES string of the molecule is CCCc1cc(Cl)ccc1C(COc1ccc(C=O)cc1)CN(C)CC1CCC1C(C)CCCCCS(=O)NC. The summed E-state index contributed by atoms with van der Waals surface area (Å²) >= 11 is 6.39. The molecule has 2 aromatic carbocycles. The average Bonchev–Trinajstić information content (AvgIpc) is 2.93. The van der Waals surface area contributed by atoms with E-state index in [0.29, 0.717) is 12.2 Å². The number of carbonyl (C=O) groups excluding carboxylic acids is 1. The molecule has 1 saturated carbocycles. The number of nitrogens with one attached hydrogen (secondary N) is 1. The summed E-state index contributed by atoms with van der Waals surface area (Å²) in [5.74, 6) is 4.04. The molecule has 40 heavy (non-hydrogen) atoms. The number of hydrogen-bond acceptors (Lipinski definition) is 4. The fourth-order valence-electron chi connectivity index (χ4n) is 6.15. The third kappa shape index (κ3) is 10.3. The lowest BCUT2D eigenvalue weighted by molar-refractivity contribution is 0.0699. The zero-order chi connectivity index (χ0) is 28.9. The Kier molecular flexibility index (Phi) is 14.2. The molecule has 0 radical (unpaired) electrons. The molecule has 1 aliphatic carbocycles. The van der Waals surface area contributed by atoms with Gasteiger partial charge in [0.25, 0.3) is 0 Å². The third-order valence-corrected chi connectivity index (χ3v) is 9.88. The van der Waals surface area contributed by atoms with Crippen LogP contribution in [-0.4, -0.2) is 54.9 Å². The van der Waals surface area contributed by atoms with Gasteiger partial charge in [0.05, 0.1) is 17.6 Å². The summed E-state index contributed by atoms with van der Waals surface area (Å²) < 4.78 is 20.7. The van der Waals surface area contributed by atoms with E-state index in [1.807, 2.05) is 18.2 Å². The van der Waals surface area contributed by atoms with Crippen molar-refractivity contribution in [2.75, 3.05) is 39.5 Å². The molecule has 5 atom stereocenters. The lowest BCUT2D eigenvalue weighted by atomic mass is 9.66. The lowest BCUT2D eigenvalue weighted by Crippen LogP contribution is -2.41. The molecule has 1 aliphatic rings. The zero-order valence-corrected chi connectivity index (χ0v) is 26.4. The van der Waals surface area contributed by atoms with Gasteiger partial charge >= 0.3 is 0 Å². The maximum Gasteiger partial charge on any atom is 0.150 e. The number of ether oxygens (including phenoxy) is 1. The monoisotopic (exact) mass is 588 g/mol. The van der Waals surface area contributed by atoms with Gasteiger partial charge in [0.15, 0.2) is 0 Å². The van der Waals surface area contributed by atoms with Gasteiger partial charge in [0.2, 0.25) is 0 Å². The Morgan fingerprint density at radius 1 is 1.15 bits per heavy atom. The Morgan fingerprint density at radius 2 is 1.93 bits per heavy atom. The number of benzene rings is 2. The Labute approximate surface area is 250 Å². The number of likely N-dealkylation sites (N-methyl/N-ethyl adjacent to an activating group) is 1. The molecule has 3 rings (SSSR count). The van der Waals surface area contributed by atoms with E-state index in [-0.39, 0.29) is 5.92 Å². The van der Waals surface area contributed by atoms with Gasteiger partial charge in [0, 0.05) is 35.3 Å². The van der Waals surface area contributed by atoms with Gasteiger partial charge in [-0.1, -0.05) is 57.2 Å². The van der Waals surface area contributed by atoms with E-state index in [2.05, 4.69) is 42.6 Å². The van der Waals surface area contributed by atoms with Crippen molar-refractivity contribution in [3.63, 3.8) is 0 Å². The van der Waals surface area contributed by atoms with E-state index in [9.17, 15) is 9.00 Å². The van der Waals surface area contributed by atoms with E-state index in [1.165, 1.54) is 36.8 Å². The van der Waals surface area contributed by atoms with Crippen LogP contribution in [0.3, 0.4) is 0 Å². The highest BCUT2D eigenvalue weighted by atomic mass is 35.5. The summed E-state index contributed by atoms with van der Waals surface area (Å²) in [5, 5.41) is 0.784. The zero-order valence-electron chi connectivity index (χ0n) is 24.9. The van der Waals surface area contributed by atoms with E-state index in [0.717, 1.165) is 79.3 Å². The number of unbranched alkanes of at least 4 members (excludes halogenated alkanes) is 2. The van der Waals surface area contributed by atoms with Crippen molar-refractivity contribution in [3.05, 3.63) is 64.2 Å². The van der Waals surface area contributed by atoms with Crippen LogP contribution in [0.15, 0.2) is 42.5 Å². The first-order valence-corrected chi connectivity index (χ1v) is 16.7. The number of aryl methyl sites for hydroxylation is 1. The van der Waals surface area contributed by atoms with E-state index < -0.39 is 11.0 Å². The first-order valence-electron chi connectivity index (χ1n) is 15.0. The fraction of sp³-hybridized carbons (Fsp3) is 0.606. The average molecular weight is 589 g/mol. The van der Waals surface area contributed by atoms with Gasteiger partial charge in [-0.2, -0.15) is 0 Å². The minimum atomic E-state index is -0.874. The first-order chi connectivity index (χ1) is 19.3. The van der Waals surface area contributed by atoms with Crippen LogP contribution in [0.25, 0.3) is 0 Å². The number of nitrogens with zero attached hydrogens (tertiary/aromatic N) is 1. The molecular formula is C33H49ClN2O3S. The van der Waals surface area contributed by atoms with E-state index in [4.69, 9.17) is 16.3 Å². The molecular weight excluding hydrogens is 540 g/mol. The standard InChI is InChI=1S/C33H49ClN2O3S/c1-5-9-27-20-30(34)14-18-33(27)29(24-39-31-15-11-26(23-37)12-16-31)22-36(4)21-28-13-17-32(28)25(2)10-7-6-8-19-40(38)35-3/h11-12,14-16,18,20,23,25,28-29,32,35H,5-10,13,17,19,21-22,24H2,1-4H3. The normalized spacial score (nSPS) is 19.1. The molecule has 0 heterocycles. The predicted octanol–water partition coefficient (Wildman–Crippen LogP) is 7.31. The summed E-state index contributed by atoms with van der Waals surface area (Å²) in [5.41, 5.74) is 3.28. The molecule has 0 aromatic heterocycles. The van der Waals surface area contributed by atoms with Crippen molar-refractivity contribution in [1.82, 2.24) is 9.62 Å². The van der Waals surface area contributed by atoms with Crippen molar-refractivity contribution in [2.24, 2.45) is 17.8 Å². The number of carbonyl (C=O) groups is 1. The van der Waals surface area contributed by atoms with Crippen molar-refractivity contribution in [1.29, 1.82) is 0 Å². The number of hydrogen-bond donors (Lipinski definition) is 1. The maximum absolute atomic E-state index is 11.6. The van der Waals surface area contributed by atoms with Gasteiger partial charge in [-0.3, -0.25) is 4.79 Å². The van der Waals surface area contributed by atoms with Crippen LogP contribution in [-0.2, 0) is 17.4 Å². The molecule has 222 valence electrons. The summed E-state index contributed by atoms with van der Waals surface area (Å²) in [6.45, 7) is 7.24. The lowest BCUT2D eigenvalue weighted by Gasteiger charge is -2.43.